The standard InChI is InChI=1S/C11H11F2N3/c1-2-16-6-5-14-11(16)15-8-3-4-9(12)10(13)7-8/h3-7H,2H2,1H3,(H,14,15). The molecular weight excluding hydrogens is 212 g/mol. The van der Waals surface area contributed by atoms with E-state index in [0.29, 0.717) is 11.6 Å². The van der Waals surface area contributed by atoms with Crippen molar-refractivity contribution in [1.82, 2.24) is 9.55 Å². The van der Waals surface area contributed by atoms with Gasteiger partial charge in [-0.3, -0.25) is 0 Å². The molecule has 2 aromatic rings. The van der Waals surface area contributed by atoms with Crippen LogP contribution in [-0.4, -0.2) is 9.55 Å². The van der Waals surface area contributed by atoms with Gasteiger partial charge in [-0.15, -0.1) is 0 Å². The number of aromatic nitrogens is 2. The Kier molecular flexibility index (Phi) is 2.85. The molecule has 5 heteroatoms. The molecular formula is C11H11F2N3. The Labute approximate surface area is 91.7 Å². The molecule has 0 aliphatic carbocycles. The average Bonchev–Trinajstić information content (AvgIpc) is 2.71. The first-order chi connectivity index (χ1) is 7.70. The third kappa shape index (κ3) is 2.03. The second kappa shape index (κ2) is 4.30. The van der Waals surface area contributed by atoms with Gasteiger partial charge in [0, 0.05) is 30.7 Å². The highest BCUT2D eigenvalue weighted by atomic mass is 19.2. The molecule has 0 saturated heterocycles. The van der Waals surface area contributed by atoms with Crippen molar-refractivity contribution < 1.29 is 8.78 Å². The van der Waals surface area contributed by atoms with E-state index in [0.717, 1.165) is 18.7 Å². The molecule has 1 aromatic heterocycles. The van der Waals surface area contributed by atoms with Gasteiger partial charge in [0.1, 0.15) is 0 Å². The van der Waals surface area contributed by atoms with Gasteiger partial charge in [-0.2, -0.15) is 0 Å². The maximum Gasteiger partial charge on any atom is 0.207 e. The van der Waals surface area contributed by atoms with Gasteiger partial charge in [0.2, 0.25) is 5.95 Å². The predicted octanol–water partition coefficient (Wildman–Crippen LogP) is 2.92. The summed E-state index contributed by atoms with van der Waals surface area (Å²) in [7, 11) is 0. The molecule has 0 bridgehead atoms. The molecule has 1 aromatic carbocycles. The van der Waals surface area contributed by atoms with Crippen LogP contribution in [0.25, 0.3) is 0 Å². The van der Waals surface area contributed by atoms with E-state index >= 15 is 0 Å². The predicted molar refractivity (Wildman–Crippen MR) is 57.5 cm³/mol. The number of rotatable bonds is 3. The van der Waals surface area contributed by atoms with Crippen LogP contribution in [0.15, 0.2) is 30.6 Å². The first-order valence-electron chi connectivity index (χ1n) is 4.94. The first-order valence-corrected chi connectivity index (χ1v) is 4.94. The van der Waals surface area contributed by atoms with Gasteiger partial charge in [0.15, 0.2) is 11.6 Å². The van der Waals surface area contributed by atoms with Gasteiger partial charge >= 0.3 is 0 Å². The number of nitrogens with zero attached hydrogens (tertiary/aromatic N) is 2. The molecule has 0 amide bonds. The Hall–Kier alpha value is -1.91. The molecule has 0 radical (unpaired) electrons. The zero-order valence-corrected chi connectivity index (χ0v) is 8.74. The van der Waals surface area contributed by atoms with Crippen molar-refractivity contribution in [2.75, 3.05) is 5.32 Å². The Morgan fingerprint density at radius 1 is 1.31 bits per heavy atom. The van der Waals surface area contributed by atoms with Crippen molar-refractivity contribution in [3.8, 4) is 0 Å². The first kappa shape index (κ1) is 10.6. The van der Waals surface area contributed by atoms with E-state index in [2.05, 4.69) is 10.3 Å². The highest BCUT2D eigenvalue weighted by Gasteiger charge is 2.05. The lowest BCUT2D eigenvalue weighted by molar-refractivity contribution is 0.509. The fourth-order valence-corrected chi connectivity index (χ4v) is 1.39. The topological polar surface area (TPSA) is 29.9 Å². The minimum Gasteiger partial charge on any atom is -0.326 e. The largest absolute Gasteiger partial charge is 0.326 e. The summed E-state index contributed by atoms with van der Waals surface area (Å²) in [5.41, 5.74) is 0.472. The van der Waals surface area contributed by atoms with Crippen LogP contribution in [0.1, 0.15) is 6.92 Å². The number of halogens is 2. The quantitative estimate of drug-likeness (QED) is 0.867. The summed E-state index contributed by atoms with van der Waals surface area (Å²) in [4.78, 5) is 4.07. The maximum absolute atomic E-state index is 12.9. The molecule has 1 N–H and O–H groups in total. The summed E-state index contributed by atoms with van der Waals surface area (Å²) in [6.45, 7) is 2.73. The van der Waals surface area contributed by atoms with Crippen molar-refractivity contribution in [3.05, 3.63) is 42.2 Å². The zero-order valence-electron chi connectivity index (χ0n) is 8.74. The summed E-state index contributed by atoms with van der Waals surface area (Å²) in [6.07, 6.45) is 3.45. The van der Waals surface area contributed by atoms with E-state index in [4.69, 9.17) is 0 Å². The summed E-state index contributed by atoms with van der Waals surface area (Å²) >= 11 is 0. The molecule has 0 atom stereocenters. The van der Waals surface area contributed by atoms with Gasteiger partial charge in [0.05, 0.1) is 0 Å². The number of benzene rings is 1. The van der Waals surface area contributed by atoms with Crippen molar-refractivity contribution in [3.63, 3.8) is 0 Å². The van der Waals surface area contributed by atoms with Crippen LogP contribution in [0.3, 0.4) is 0 Å². The lowest BCUT2D eigenvalue weighted by Gasteiger charge is -2.07. The van der Waals surface area contributed by atoms with E-state index < -0.39 is 11.6 Å². The van der Waals surface area contributed by atoms with Crippen molar-refractivity contribution in [2.45, 2.75) is 13.5 Å². The zero-order chi connectivity index (χ0) is 11.5. The Morgan fingerprint density at radius 3 is 2.81 bits per heavy atom. The molecule has 0 aliphatic heterocycles. The van der Waals surface area contributed by atoms with E-state index in [-0.39, 0.29) is 0 Å². The molecule has 0 aliphatic rings. The van der Waals surface area contributed by atoms with E-state index in [9.17, 15) is 8.78 Å². The second-order valence-electron chi connectivity index (χ2n) is 3.29. The molecule has 0 saturated carbocycles. The molecule has 1 heterocycles. The van der Waals surface area contributed by atoms with Crippen LogP contribution in [0.5, 0.6) is 0 Å². The average molecular weight is 223 g/mol. The second-order valence-corrected chi connectivity index (χ2v) is 3.29. The van der Waals surface area contributed by atoms with Gasteiger partial charge in [-0.1, -0.05) is 0 Å². The SMILES string of the molecule is CCn1ccnc1Nc1ccc(F)c(F)c1. The number of anilines is 2. The molecule has 84 valence electrons. The monoisotopic (exact) mass is 223 g/mol. The lowest BCUT2D eigenvalue weighted by Crippen LogP contribution is -2.01. The minimum atomic E-state index is -0.875. The van der Waals surface area contributed by atoms with E-state index in [1.54, 1.807) is 6.20 Å². The summed E-state index contributed by atoms with van der Waals surface area (Å²) < 4.78 is 27.5. The summed E-state index contributed by atoms with van der Waals surface area (Å²) in [6, 6.07) is 3.65. The maximum atomic E-state index is 12.9. The normalized spacial score (nSPS) is 10.4. The molecule has 0 fully saturated rings. The van der Waals surface area contributed by atoms with E-state index in [1.165, 1.54) is 6.07 Å². The van der Waals surface area contributed by atoms with Crippen LogP contribution in [-0.2, 0) is 6.54 Å². The van der Waals surface area contributed by atoms with Crippen molar-refractivity contribution >= 4 is 11.6 Å². The van der Waals surface area contributed by atoms with Crippen molar-refractivity contribution in [2.24, 2.45) is 0 Å². The van der Waals surface area contributed by atoms with Crippen LogP contribution in [0.4, 0.5) is 20.4 Å². The number of imidazole rings is 1. The van der Waals surface area contributed by atoms with Gasteiger partial charge in [-0.25, -0.2) is 13.8 Å². The lowest BCUT2D eigenvalue weighted by atomic mass is 10.3. The third-order valence-electron chi connectivity index (χ3n) is 2.23. The van der Waals surface area contributed by atoms with Crippen LogP contribution >= 0.6 is 0 Å². The molecule has 3 nitrogen and oxygen atoms in total. The number of hydrogen-bond acceptors (Lipinski definition) is 2. The smallest absolute Gasteiger partial charge is 0.207 e. The van der Waals surface area contributed by atoms with Crippen molar-refractivity contribution in [1.29, 1.82) is 0 Å². The van der Waals surface area contributed by atoms with Crippen LogP contribution < -0.4 is 5.32 Å². The van der Waals surface area contributed by atoms with Gasteiger partial charge in [-0.05, 0) is 19.1 Å². The highest BCUT2D eigenvalue weighted by Crippen LogP contribution is 2.17. The Balaban J connectivity index is 2.24. The molecule has 0 unspecified atom stereocenters. The minimum absolute atomic E-state index is 0.472. The van der Waals surface area contributed by atoms with Gasteiger partial charge < -0.3 is 9.88 Å². The fourth-order valence-electron chi connectivity index (χ4n) is 1.39. The fraction of sp³-hybridized carbons (Fsp3) is 0.182. The van der Waals surface area contributed by atoms with Crippen LogP contribution in [0.2, 0.25) is 0 Å². The molecule has 2 rings (SSSR count). The van der Waals surface area contributed by atoms with Gasteiger partial charge in [0.25, 0.3) is 0 Å². The third-order valence-corrected chi connectivity index (χ3v) is 2.23. The Morgan fingerprint density at radius 2 is 2.12 bits per heavy atom. The molecule has 16 heavy (non-hydrogen) atoms. The number of hydrogen-bond donors (Lipinski definition) is 1. The Bertz CT molecular complexity index is 494. The van der Waals surface area contributed by atoms with Crippen LogP contribution in [0, 0.1) is 11.6 Å². The molecule has 0 spiro atoms. The summed E-state index contributed by atoms with van der Waals surface area (Å²) in [5, 5.41) is 2.92. The number of nitrogens with one attached hydrogen (secondary N) is 1. The summed E-state index contributed by atoms with van der Waals surface area (Å²) in [5.74, 6) is -1.13. The van der Waals surface area contributed by atoms with E-state index in [1.807, 2.05) is 17.7 Å². The highest BCUT2D eigenvalue weighted by molar-refractivity contribution is 5.53. The number of aryl methyl sites for hydroxylation is 1.